The van der Waals surface area contributed by atoms with E-state index < -0.39 is 8.07 Å². The quantitative estimate of drug-likeness (QED) is 0.556. The average molecular weight is 333 g/mol. The lowest BCUT2D eigenvalue weighted by Gasteiger charge is -2.26. The van der Waals surface area contributed by atoms with E-state index in [2.05, 4.69) is 32.2 Å². The lowest BCUT2D eigenvalue weighted by atomic mass is 9.83. The average Bonchev–Trinajstić information content (AvgIpc) is 2.51. The lowest BCUT2D eigenvalue weighted by Crippen LogP contribution is -2.41. The number of hydrogen-bond donors (Lipinski definition) is 1. The summed E-state index contributed by atoms with van der Waals surface area (Å²) in [6, 6.07) is 7.60. The largest absolute Gasteiger partial charge is 0.508 e. The number of phenolic OH excluding ortho intramolecular Hbond substituents is 1. The summed E-state index contributed by atoms with van der Waals surface area (Å²) in [5, 5.41) is 11.9. The van der Waals surface area contributed by atoms with Crippen molar-refractivity contribution in [3.8, 4) is 5.75 Å². The van der Waals surface area contributed by atoms with Gasteiger partial charge in [-0.15, -0.1) is 0 Å². The molecule has 2 rings (SSSR count). The van der Waals surface area contributed by atoms with Crippen molar-refractivity contribution in [1.29, 1.82) is 0 Å². The number of carbonyl (C=O) groups is 1. The Morgan fingerprint density at radius 3 is 2.65 bits per heavy atom. The van der Waals surface area contributed by atoms with E-state index >= 15 is 0 Å². The van der Waals surface area contributed by atoms with Gasteiger partial charge in [0.05, 0.1) is 8.07 Å². The predicted octanol–water partition coefficient (Wildman–Crippen LogP) is 5.11. The molecule has 128 valence electrons. The Balaban J connectivity index is 2.07. The fourth-order valence-corrected chi connectivity index (χ4v) is 6.22. The Morgan fingerprint density at radius 2 is 2.00 bits per heavy atom. The summed E-state index contributed by atoms with van der Waals surface area (Å²) in [5.41, 5.74) is 0.984. The molecule has 0 spiro atoms. The summed E-state index contributed by atoms with van der Waals surface area (Å²) in [4.78, 5) is 11.7. The number of Topliss-reactive ketones (excluding diaryl/α,β-unsaturated/α-hetero) is 1. The summed E-state index contributed by atoms with van der Waals surface area (Å²) in [6.45, 7) is 7.05. The number of carbonyl (C=O) groups excluding carboxylic acids is 1. The molecule has 23 heavy (non-hydrogen) atoms. The van der Waals surface area contributed by atoms with Gasteiger partial charge >= 0.3 is 0 Å². The van der Waals surface area contributed by atoms with Crippen LogP contribution in [0.25, 0.3) is 0 Å². The van der Waals surface area contributed by atoms with Gasteiger partial charge in [0, 0.05) is 12.8 Å². The molecule has 0 bridgehead atoms. The standard InChI is InChI=1S/C20H32O2Si/c1-4-5-6-7-13-23(2,3)18-11-12-19(20(22)15-18)16-9-8-10-17(21)14-16/h11-12,15-16,22H,4-10,13-14H2,1-3H3. The third-order valence-electron chi connectivity index (χ3n) is 5.39. The van der Waals surface area contributed by atoms with Crippen molar-refractivity contribution in [2.45, 2.75) is 83.3 Å². The fourth-order valence-electron chi connectivity index (χ4n) is 3.74. The Bertz CT molecular complexity index is 536. The minimum Gasteiger partial charge on any atom is -0.508 e. The SMILES string of the molecule is CCCCCC[Si](C)(C)c1ccc(C2CCCC(=O)C2)c(O)c1. The molecule has 1 aliphatic rings. The van der Waals surface area contributed by atoms with Crippen LogP contribution in [0.2, 0.25) is 19.1 Å². The van der Waals surface area contributed by atoms with E-state index in [1.807, 2.05) is 6.07 Å². The Labute approximate surface area is 142 Å². The Kier molecular flexibility index (Phi) is 6.46. The monoisotopic (exact) mass is 332 g/mol. The van der Waals surface area contributed by atoms with Gasteiger partial charge in [-0.2, -0.15) is 0 Å². The summed E-state index contributed by atoms with van der Waals surface area (Å²) in [6.07, 6.45) is 8.52. The number of benzene rings is 1. The van der Waals surface area contributed by atoms with E-state index in [0.717, 1.165) is 18.4 Å². The van der Waals surface area contributed by atoms with Gasteiger partial charge in [0.1, 0.15) is 11.5 Å². The zero-order valence-electron chi connectivity index (χ0n) is 15.0. The van der Waals surface area contributed by atoms with Crippen molar-refractivity contribution in [3.05, 3.63) is 23.8 Å². The zero-order chi connectivity index (χ0) is 16.9. The van der Waals surface area contributed by atoms with Crippen LogP contribution < -0.4 is 5.19 Å². The summed E-state index contributed by atoms with van der Waals surface area (Å²) in [7, 11) is -1.47. The van der Waals surface area contributed by atoms with Crippen molar-refractivity contribution >= 4 is 19.0 Å². The molecular weight excluding hydrogens is 300 g/mol. The smallest absolute Gasteiger partial charge is 0.133 e. The summed E-state index contributed by atoms with van der Waals surface area (Å²) >= 11 is 0. The van der Waals surface area contributed by atoms with Crippen LogP contribution in [0.5, 0.6) is 5.75 Å². The second-order valence-corrected chi connectivity index (χ2v) is 12.6. The molecule has 0 radical (unpaired) electrons. The molecule has 3 heteroatoms. The Morgan fingerprint density at radius 1 is 1.22 bits per heavy atom. The zero-order valence-corrected chi connectivity index (χ0v) is 16.0. The van der Waals surface area contributed by atoms with Crippen LogP contribution >= 0.6 is 0 Å². The van der Waals surface area contributed by atoms with Crippen molar-refractivity contribution in [2.75, 3.05) is 0 Å². The highest BCUT2D eigenvalue weighted by atomic mass is 28.3. The molecule has 0 amide bonds. The van der Waals surface area contributed by atoms with Gasteiger partial charge in [-0.05, 0) is 30.4 Å². The van der Waals surface area contributed by atoms with E-state index in [0.29, 0.717) is 24.4 Å². The molecule has 0 aliphatic heterocycles. The molecule has 1 aliphatic carbocycles. The molecule has 1 atom stereocenters. The topological polar surface area (TPSA) is 37.3 Å². The second-order valence-electron chi connectivity index (χ2n) is 7.80. The maximum atomic E-state index is 11.7. The van der Waals surface area contributed by atoms with Crippen molar-refractivity contribution in [1.82, 2.24) is 0 Å². The first kappa shape index (κ1) is 18.2. The number of rotatable bonds is 7. The van der Waals surface area contributed by atoms with Gasteiger partial charge in [0.25, 0.3) is 0 Å². The van der Waals surface area contributed by atoms with Crippen LogP contribution in [0.3, 0.4) is 0 Å². The van der Waals surface area contributed by atoms with Gasteiger partial charge in [0.15, 0.2) is 0 Å². The molecule has 1 unspecified atom stereocenters. The predicted molar refractivity (Wildman–Crippen MR) is 100 cm³/mol. The van der Waals surface area contributed by atoms with Crippen LogP contribution in [-0.2, 0) is 4.79 Å². The van der Waals surface area contributed by atoms with E-state index in [9.17, 15) is 9.90 Å². The number of unbranched alkanes of at least 4 members (excludes halogenated alkanes) is 3. The first-order valence-corrected chi connectivity index (χ1v) is 12.5. The molecule has 1 aromatic carbocycles. The normalized spacial score (nSPS) is 19.1. The molecule has 0 aromatic heterocycles. The van der Waals surface area contributed by atoms with E-state index in [1.165, 1.54) is 36.9 Å². The molecule has 1 saturated carbocycles. The molecule has 1 aromatic rings. The fraction of sp³-hybridized carbons (Fsp3) is 0.650. The third kappa shape index (κ3) is 4.94. The van der Waals surface area contributed by atoms with Gasteiger partial charge in [-0.1, -0.05) is 69.1 Å². The Hall–Kier alpha value is -1.09. The van der Waals surface area contributed by atoms with Gasteiger partial charge in [-0.25, -0.2) is 0 Å². The van der Waals surface area contributed by atoms with Crippen LogP contribution in [0.15, 0.2) is 18.2 Å². The third-order valence-corrected chi connectivity index (χ3v) is 8.87. The van der Waals surface area contributed by atoms with Crippen molar-refractivity contribution < 1.29 is 9.90 Å². The first-order valence-electron chi connectivity index (χ1n) is 9.29. The highest BCUT2D eigenvalue weighted by molar-refractivity contribution is 6.89. The minimum absolute atomic E-state index is 0.222. The molecule has 2 nitrogen and oxygen atoms in total. The minimum atomic E-state index is -1.47. The van der Waals surface area contributed by atoms with Crippen LogP contribution in [-0.4, -0.2) is 19.0 Å². The molecule has 0 saturated heterocycles. The van der Waals surface area contributed by atoms with Crippen LogP contribution in [0.1, 0.15) is 69.8 Å². The molecular formula is C20H32O2Si. The highest BCUT2D eigenvalue weighted by Crippen LogP contribution is 2.35. The van der Waals surface area contributed by atoms with Gasteiger partial charge in [-0.3, -0.25) is 4.79 Å². The second kappa shape index (κ2) is 8.14. The molecule has 0 heterocycles. The number of aromatic hydroxyl groups is 1. The van der Waals surface area contributed by atoms with Crippen LogP contribution in [0, 0.1) is 0 Å². The van der Waals surface area contributed by atoms with Crippen LogP contribution in [0.4, 0.5) is 0 Å². The van der Waals surface area contributed by atoms with Gasteiger partial charge in [0.2, 0.25) is 0 Å². The van der Waals surface area contributed by atoms with Gasteiger partial charge < -0.3 is 5.11 Å². The number of ketones is 1. The van der Waals surface area contributed by atoms with Crippen molar-refractivity contribution in [3.63, 3.8) is 0 Å². The number of hydrogen-bond acceptors (Lipinski definition) is 2. The highest BCUT2D eigenvalue weighted by Gasteiger charge is 2.27. The summed E-state index contributed by atoms with van der Waals surface area (Å²) in [5.74, 6) is 0.978. The summed E-state index contributed by atoms with van der Waals surface area (Å²) < 4.78 is 0. The first-order chi connectivity index (χ1) is 10.9. The number of phenols is 1. The molecule has 1 fully saturated rings. The van der Waals surface area contributed by atoms with Crippen molar-refractivity contribution in [2.24, 2.45) is 0 Å². The maximum absolute atomic E-state index is 11.7. The van der Waals surface area contributed by atoms with E-state index in [-0.39, 0.29) is 5.92 Å². The van der Waals surface area contributed by atoms with E-state index in [4.69, 9.17) is 0 Å². The maximum Gasteiger partial charge on any atom is 0.133 e. The lowest BCUT2D eigenvalue weighted by molar-refractivity contribution is -0.120. The van der Waals surface area contributed by atoms with E-state index in [1.54, 1.807) is 0 Å². The molecule has 1 N–H and O–H groups in total.